The molecule has 120 valence electrons. The predicted octanol–water partition coefficient (Wildman–Crippen LogP) is -1.91. The topological polar surface area (TPSA) is 131 Å². The second-order valence-corrected chi connectivity index (χ2v) is 4.89. The molecule has 0 amide bonds. The van der Waals surface area contributed by atoms with Gasteiger partial charge in [-0.15, -0.1) is 0 Å². The maximum absolute atomic E-state index is 12.3. The number of nitrogen functional groups attached to an aromatic ring is 1. The van der Waals surface area contributed by atoms with E-state index >= 15 is 0 Å². The molecule has 1 saturated heterocycles. The minimum absolute atomic E-state index is 0.0191. The molecule has 9 heteroatoms. The number of aryl methyl sites for hydroxylation is 1. The van der Waals surface area contributed by atoms with Crippen LogP contribution in [0.1, 0.15) is 11.9 Å². The van der Waals surface area contributed by atoms with Gasteiger partial charge in [0.05, 0.1) is 6.61 Å². The first kappa shape index (κ1) is 16.4. The lowest BCUT2D eigenvalue weighted by Crippen LogP contribution is -2.48. The normalized spacial score (nSPS) is 30.9. The van der Waals surface area contributed by atoms with Crippen molar-refractivity contribution >= 4 is 5.82 Å². The molecule has 0 aromatic carbocycles. The lowest BCUT2D eigenvalue weighted by molar-refractivity contribution is -0.0774. The Balaban J connectivity index is 2.59. The van der Waals surface area contributed by atoms with Crippen LogP contribution < -0.4 is 11.4 Å². The zero-order chi connectivity index (χ0) is 16.5. The zero-order valence-electron chi connectivity index (χ0n) is 11.7. The maximum atomic E-state index is 12.3. The van der Waals surface area contributed by atoms with Gasteiger partial charge >= 0.3 is 5.69 Å². The number of alkyl halides is 1. The summed E-state index contributed by atoms with van der Waals surface area (Å²) in [7, 11) is 0. The molecular weight excluding hydrogens is 297 g/mol. The van der Waals surface area contributed by atoms with Crippen LogP contribution in [0.25, 0.3) is 0 Å². The highest BCUT2D eigenvalue weighted by Crippen LogP contribution is 2.38. The molecule has 0 saturated carbocycles. The summed E-state index contributed by atoms with van der Waals surface area (Å²) in [6.45, 7) is -0.155. The summed E-state index contributed by atoms with van der Waals surface area (Å²) in [6, 6.07) is 1.37. The molecule has 0 bridgehead atoms. The number of ether oxygens (including phenoxy) is 1. The number of aliphatic hydroxyl groups is 3. The monoisotopic (exact) mass is 313 g/mol. The molecule has 2 heterocycles. The third-order valence-electron chi connectivity index (χ3n) is 3.42. The molecule has 0 aliphatic carbocycles. The van der Waals surface area contributed by atoms with Crippen LogP contribution in [0, 0.1) is 18.8 Å². The van der Waals surface area contributed by atoms with E-state index in [1.54, 1.807) is 0 Å². The highest BCUT2D eigenvalue weighted by Gasteiger charge is 2.56. The molecule has 4 atom stereocenters. The molecule has 1 aliphatic heterocycles. The molecule has 1 unspecified atom stereocenters. The largest absolute Gasteiger partial charge is 0.394 e. The summed E-state index contributed by atoms with van der Waals surface area (Å²) in [5, 5.41) is 29.9. The van der Waals surface area contributed by atoms with Crippen molar-refractivity contribution in [3.63, 3.8) is 0 Å². The minimum Gasteiger partial charge on any atom is -0.394 e. The van der Waals surface area contributed by atoms with Crippen molar-refractivity contribution in [3.05, 3.63) is 22.2 Å². The molecule has 2 rings (SSSR count). The number of nitrogens with two attached hydrogens (primary N) is 1. The summed E-state index contributed by atoms with van der Waals surface area (Å²) >= 11 is 0. The number of rotatable bonds is 2. The van der Waals surface area contributed by atoms with Gasteiger partial charge in [-0.2, -0.15) is 4.98 Å². The fourth-order valence-corrected chi connectivity index (χ4v) is 2.40. The van der Waals surface area contributed by atoms with Gasteiger partial charge in [0.25, 0.3) is 0 Å². The molecule has 1 aliphatic rings. The predicted molar refractivity (Wildman–Crippen MR) is 73.3 cm³/mol. The van der Waals surface area contributed by atoms with E-state index in [4.69, 9.17) is 10.5 Å². The zero-order valence-corrected chi connectivity index (χ0v) is 11.7. The summed E-state index contributed by atoms with van der Waals surface area (Å²) in [6.07, 6.45) is -4.28. The third-order valence-corrected chi connectivity index (χ3v) is 3.42. The number of aromatic nitrogens is 2. The Hall–Kier alpha value is -1.99. The van der Waals surface area contributed by atoms with Gasteiger partial charge in [0.15, 0.2) is 11.8 Å². The molecule has 1 aromatic rings. The second kappa shape index (κ2) is 6.02. The lowest BCUT2D eigenvalue weighted by atomic mass is 9.94. The van der Waals surface area contributed by atoms with Crippen LogP contribution in [-0.4, -0.2) is 56.0 Å². The summed E-state index contributed by atoms with van der Waals surface area (Å²) in [5.74, 6) is 4.15. The van der Waals surface area contributed by atoms with E-state index < -0.39 is 43.0 Å². The highest BCUT2D eigenvalue weighted by molar-refractivity contribution is 5.30. The van der Waals surface area contributed by atoms with Gasteiger partial charge in [-0.05, 0) is 13.0 Å². The molecule has 8 nitrogen and oxygen atoms in total. The van der Waals surface area contributed by atoms with Crippen LogP contribution in [0.5, 0.6) is 0 Å². The Morgan fingerprint density at radius 2 is 2.32 bits per heavy atom. The number of aliphatic hydroxyl groups excluding tert-OH is 2. The van der Waals surface area contributed by atoms with Crippen LogP contribution in [-0.2, 0) is 4.74 Å². The molecule has 22 heavy (non-hydrogen) atoms. The van der Waals surface area contributed by atoms with E-state index in [1.807, 2.05) is 5.92 Å². The van der Waals surface area contributed by atoms with Gasteiger partial charge < -0.3 is 25.8 Å². The number of halogens is 1. The van der Waals surface area contributed by atoms with Gasteiger partial charge in [0.2, 0.25) is 0 Å². The average molecular weight is 313 g/mol. The van der Waals surface area contributed by atoms with Crippen molar-refractivity contribution in [2.75, 3.05) is 19.0 Å². The van der Waals surface area contributed by atoms with Crippen molar-refractivity contribution in [1.82, 2.24) is 9.55 Å². The van der Waals surface area contributed by atoms with Gasteiger partial charge in [-0.1, -0.05) is 11.8 Å². The van der Waals surface area contributed by atoms with E-state index in [0.717, 1.165) is 4.57 Å². The average Bonchev–Trinajstić information content (AvgIpc) is 2.69. The standard InChI is InChI=1S/C13H16FN3O5/c1-7-5-9(15)16-12(20)17(7)11-13(21,3-2-4-14)10(19)8(6-18)22-11/h5,8,10-11,18-19,21H,4,6H2,1H3,(H2,15,16,20)/t8-,10?,11-,13-/m1/s1. The van der Waals surface area contributed by atoms with E-state index in [9.17, 15) is 24.5 Å². The van der Waals surface area contributed by atoms with E-state index in [2.05, 4.69) is 10.9 Å². The van der Waals surface area contributed by atoms with Gasteiger partial charge in [-0.3, -0.25) is 4.57 Å². The van der Waals surface area contributed by atoms with Crippen LogP contribution in [0.2, 0.25) is 0 Å². The Labute approximate surface area is 125 Å². The minimum atomic E-state index is -2.27. The van der Waals surface area contributed by atoms with E-state index in [1.165, 1.54) is 13.0 Å². The van der Waals surface area contributed by atoms with Crippen molar-refractivity contribution in [2.24, 2.45) is 0 Å². The summed E-state index contributed by atoms with van der Waals surface area (Å²) < 4.78 is 18.6. The van der Waals surface area contributed by atoms with E-state index in [0.29, 0.717) is 5.69 Å². The smallest absolute Gasteiger partial charge is 0.351 e. The Kier molecular flexibility index (Phi) is 4.48. The first-order valence-electron chi connectivity index (χ1n) is 6.43. The quantitative estimate of drug-likeness (QED) is 0.468. The highest BCUT2D eigenvalue weighted by atomic mass is 19.1. The molecule has 1 fully saturated rings. The fourth-order valence-electron chi connectivity index (χ4n) is 2.40. The van der Waals surface area contributed by atoms with Crippen molar-refractivity contribution in [1.29, 1.82) is 0 Å². The van der Waals surface area contributed by atoms with Crippen LogP contribution in [0.4, 0.5) is 10.2 Å². The SMILES string of the molecule is Cc1cc(N)nc(=O)n1[C@@H]1O[C@H](CO)C(O)[C@]1(O)C#CCF. The second-order valence-electron chi connectivity index (χ2n) is 4.89. The summed E-state index contributed by atoms with van der Waals surface area (Å²) in [5.41, 5.74) is 2.66. The maximum Gasteiger partial charge on any atom is 0.351 e. The van der Waals surface area contributed by atoms with Gasteiger partial charge in [-0.25, -0.2) is 9.18 Å². The Bertz CT molecular complexity index is 682. The van der Waals surface area contributed by atoms with Gasteiger partial charge in [0, 0.05) is 5.69 Å². The summed E-state index contributed by atoms with van der Waals surface area (Å²) in [4.78, 5) is 15.6. The molecule has 1 aromatic heterocycles. The Morgan fingerprint density at radius 3 is 2.86 bits per heavy atom. The first-order valence-corrected chi connectivity index (χ1v) is 6.43. The Morgan fingerprint density at radius 1 is 1.64 bits per heavy atom. The van der Waals surface area contributed by atoms with Crippen molar-refractivity contribution in [2.45, 2.75) is 31.0 Å². The fraction of sp³-hybridized carbons (Fsp3) is 0.538. The number of hydrogen-bond acceptors (Lipinski definition) is 7. The number of anilines is 1. The van der Waals surface area contributed by atoms with Crippen LogP contribution in [0.15, 0.2) is 10.9 Å². The molecule has 0 spiro atoms. The van der Waals surface area contributed by atoms with Crippen LogP contribution in [0.3, 0.4) is 0 Å². The van der Waals surface area contributed by atoms with Gasteiger partial charge in [0.1, 0.15) is 24.7 Å². The molecule has 5 N–H and O–H groups in total. The number of hydrogen-bond donors (Lipinski definition) is 4. The number of nitrogens with zero attached hydrogens (tertiary/aromatic N) is 2. The molecule has 0 radical (unpaired) electrons. The van der Waals surface area contributed by atoms with Crippen molar-refractivity contribution in [3.8, 4) is 11.8 Å². The van der Waals surface area contributed by atoms with E-state index in [-0.39, 0.29) is 5.82 Å². The molecular formula is C13H16FN3O5. The first-order chi connectivity index (χ1) is 10.3. The van der Waals surface area contributed by atoms with Crippen LogP contribution >= 0.6 is 0 Å². The lowest BCUT2D eigenvalue weighted by Gasteiger charge is -2.27. The third kappa shape index (κ3) is 2.57. The van der Waals surface area contributed by atoms with Crippen molar-refractivity contribution < 1.29 is 24.4 Å².